The fourth-order valence-corrected chi connectivity index (χ4v) is 2.73. The Hall–Kier alpha value is -3.09. The highest BCUT2D eigenvalue weighted by Crippen LogP contribution is 2.31. The average molecular weight is 341 g/mol. The molecule has 25 heavy (non-hydrogen) atoms. The van der Waals surface area contributed by atoms with Crippen LogP contribution in [0.15, 0.2) is 36.5 Å². The minimum absolute atomic E-state index is 0.139. The van der Waals surface area contributed by atoms with Crippen LogP contribution in [0.2, 0.25) is 0 Å². The van der Waals surface area contributed by atoms with Crippen LogP contribution in [-0.4, -0.2) is 41.9 Å². The van der Waals surface area contributed by atoms with E-state index in [1.165, 1.54) is 0 Å². The van der Waals surface area contributed by atoms with E-state index in [0.717, 1.165) is 5.69 Å². The monoisotopic (exact) mass is 341 g/mol. The highest BCUT2D eigenvalue weighted by molar-refractivity contribution is 6.05. The number of fused-ring (bicyclic) bond motifs is 1. The standard InChI is InChI=1S/C18H19N3O4/c1-11-17(23)19-13-9-12(6-7-14(13)21(11)3)18(24)25-10-16(22)15-5-4-8-20(15)2/h4-9,11H,10H2,1-3H3,(H,19,23). The lowest BCUT2D eigenvalue weighted by atomic mass is 10.1. The molecule has 0 saturated heterocycles. The number of rotatable bonds is 4. The number of benzene rings is 1. The first-order valence-corrected chi connectivity index (χ1v) is 7.88. The smallest absolute Gasteiger partial charge is 0.338 e. The number of Topliss-reactive ketones (excluding diaryl/α,β-unsaturated/α-hetero) is 1. The van der Waals surface area contributed by atoms with Gasteiger partial charge < -0.3 is 19.5 Å². The van der Waals surface area contributed by atoms with Gasteiger partial charge in [-0.2, -0.15) is 0 Å². The lowest BCUT2D eigenvalue weighted by Gasteiger charge is -2.33. The summed E-state index contributed by atoms with van der Waals surface area (Å²) in [7, 11) is 3.57. The van der Waals surface area contributed by atoms with Crippen LogP contribution in [0.1, 0.15) is 27.8 Å². The largest absolute Gasteiger partial charge is 0.454 e. The molecule has 1 aromatic carbocycles. The van der Waals surface area contributed by atoms with Crippen LogP contribution < -0.4 is 10.2 Å². The van der Waals surface area contributed by atoms with E-state index in [4.69, 9.17) is 4.74 Å². The summed E-state index contributed by atoms with van der Waals surface area (Å²) < 4.78 is 6.77. The Kier molecular flexibility index (Phi) is 4.31. The van der Waals surface area contributed by atoms with E-state index in [1.807, 2.05) is 11.9 Å². The summed E-state index contributed by atoms with van der Waals surface area (Å²) in [6.07, 6.45) is 1.75. The number of aromatic nitrogens is 1. The molecule has 0 fully saturated rings. The molecular formula is C18H19N3O4. The van der Waals surface area contributed by atoms with E-state index in [0.29, 0.717) is 11.4 Å². The number of likely N-dealkylation sites (N-methyl/N-ethyl adjacent to an activating group) is 1. The number of amides is 1. The third-order valence-corrected chi connectivity index (χ3v) is 4.39. The number of esters is 1. The molecule has 1 aromatic heterocycles. The van der Waals surface area contributed by atoms with Crippen LogP contribution >= 0.6 is 0 Å². The van der Waals surface area contributed by atoms with E-state index in [1.54, 1.807) is 55.1 Å². The number of ether oxygens (including phenoxy) is 1. The summed E-state index contributed by atoms with van der Waals surface area (Å²) in [5, 5.41) is 2.77. The Morgan fingerprint density at radius 3 is 2.68 bits per heavy atom. The summed E-state index contributed by atoms with van der Waals surface area (Å²) in [6.45, 7) is 1.46. The Bertz CT molecular complexity index is 856. The number of carbonyl (C=O) groups is 3. The Morgan fingerprint density at radius 1 is 1.24 bits per heavy atom. The molecule has 1 unspecified atom stereocenters. The zero-order valence-corrected chi connectivity index (χ0v) is 14.3. The highest BCUT2D eigenvalue weighted by atomic mass is 16.5. The van der Waals surface area contributed by atoms with Gasteiger partial charge in [0, 0.05) is 20.3 Å². The van der Waals surface area contributed by atoms with E-state index < -0.39 is 5.97 Å². The summed E-state index contributed by atoms with van der Waals surface area (Å²) in [6, 6.07) is 8.06. The molecule has 1 atom stereocenters. The molecule has 0 spiro atoms. The van der Waals surface area contributed by atoms with Crippen LogP contribution in [0.5, 0.6) is 0 Å². The van der Waals surface area contributed by atoms with Crippen molar-refractivity contribution in [2.45, 2.75) is 13.0 Å². The van der Waals surface area contributed by atoms with Gasteiger partial charge in [0.2, 0.25) is 11.7 Å². The molecule has 1 N–H and O–H groups in total. The Morgan fingerprint density at radius 2 is 2.00 bits per heavy atom. The number of aryl methyl sites for hydroxylation is 1. The van der Waals surface area contributed by atoms with Crippen molar-refractivity contribution in [1.82, 2.24) is 4.57 Å². The van der Waals surface area contributed by atoms with Crippen molar-refractivity contribution in [2.24, 2.45) is 7.05 Å². The fourth-order valence-electron chi connectivity index (χ4n) is 2.73. The van der Waals surface area contributed by atoms with Crippen molar-refractivity contribution in [3.8, 4) is 0 Å². The first-order chi connectivity index (χ1) is 11.9. The van der Waals surface area contributed by atoms with Gasteiger partial charge in [-0.15, -0.1) is 0 Å². The van der Waals surface area contributed by atoms with Crippen molar-refractivity contribution in [3.63, 3.8) is 0 Å². The molecule has 2 heterocycles. The van der Waals surface area contributed by atoms with Crippen molar-refractivity contribution >= 4 is 29.0 Å². The number of nitrogens with zero attached hydrogens (tertiary/aromatic N) is 2. The predicted octanol–water partition coefficient (Wildman–Crippen LogP) is 1.84. The number of nitrogens with one attached hydrogen (secondary N) is 1. The van der Waals surface area contributed by atoms with Crippen LogP contribution in [-0.2, 0) is 16.6 Å². The third-order valence-electron chi connectivity index (χ3n) is 4.39. The predicted molar refractivity (Wildman–Crippen MR) is 93.0 cm³/mol. The molecule has 0 aliphatic carbocycles. The molecule has 0 radical (unpaired) electrons. The van der Waals surface area contributed by atoms with Crippen LogP contribution in [0.25, 0.3) is 0 Å². The lowest BCUT2D eigenvalue weighted by Crippen LogP contribution is -2.43. The molecule has 7 heteroatoms. The van der Waals surface area contributed by atoms with Crippen LogP contribution in [0, 0.1) is 0 Å². The molecule has 130 valence electrons. The highest BCUT2D eigenvalue weighted by Gasteiger charge is 2.27. The normalized spacial score (nSPS) is 16.2. The maximum atomic E-state index is 12.2. The Balaban J connectivity index is 1.71. The van der Waals surface area contributed by atoms with Crippen molar-refractivity contribution < 1.29 is 19.1 Å². The molecule has 1 aliphatic rings. The number of hydrogen-bond donors (Lipinski definition) is 1. The van der Waals surface area contributed by atoms with Crippen molar-refractivity contribution in [2.75, 3.05) is 23.9 Å². The van der Waals surface area contributed by atoms with Gasteiger partial charge in [0.15, 0.2) is 6.61 Å². The molecule has 1 amide bonds. The maximum Gasteiger partial charge on any atom is 0.338 e. The maximum absolute atomic E-state index is 12.2. The summed E-state index contributed by atoms with van der Waals surface area (Å²) in [5.41, 5.74) is 2.13. The quantitative estimate of drug-likeness (QED) is 0.678. The van der Waals surface area contributed by atoms with Gasteiger partial charge >= 0.3 is 5.97 Å². The molecule has 0 bridgehead atoms. The SMILES string of the molecule is CC1C(=O)Nc2cc(C(=O)OCC(=O)c3cccn3C)ccc2N1C. The lowest BCUT2D eigenvalue weighted by molar-refractivity contribution is -0.117. The second kappa shape index (κ2) is 6.43. The number of ketones is 1. The minimum atomic E-state index is -0.610. The molecule has 1 aliphatic heterocycles. The number of hydrogen-bond acceptors (Lipinski definition) is 5. The van der Waals surface area contributed by atoms with Gasteiger partial charge in [0.25, 0.3) is 0 Å². The topological polar surface area (TPSA) is 80.6 Å². The van der Waals surface area contributed by atoms with E-state index in [-0.39, 0.29) is 29.9 Å². The van der Waals surface area contributed by atoms with Gasteiger partial charge in [-0.1, -0.05) is 0 Å². The van der Waals surface area contributed by atoms with E-state index >= 15 is 0 Å². The average Bonchev–Trinajstić information content (AvgIpc) is 3.03. The van der Waals surface area contributed by atoms with Gasteiger partial charge in [-0.25, -0.2) is 4.79 Å². The van der Waals surface area contributed by atoms with E-state index in [9.17, 15) is 14.4 Å². The molecule has 7 nitrogen and oxygen atoms in total. The van der Waals surface area contributed by atoms with Gasteiger partial charge in [0.1, 0.15) is 6.04 Å². The fraction of sp³-hybridized carbons (Fsp3) is 0.278. The first-order valence-electron chi connectivity index (χ1n) is 7.88. The molecule has 0 saturated carbocycles. The van der Waals surface area contributed by atoms with Crippen molar-refractivity contribution in [3.05, 3.63) is 47.8 Å². The second-order valence-corrected chi connectivity index (χ2v) is 6.01. The molecule has 2 aromatic rings. The summed E-state index contributed by atoms with van der Waals surface area (Å²) >= 11 is 0. The minimum Gasteiger partial charge on any atom is -0.454 e. The van der Waals surface area contributed by atoms with Gasteiger partial charge in [0.05, 0.1) is 22.6 Å². The first kappa shape index (κ1) is 16.8. The van der Waals surface area contributed by atoms with Crippen LogP contribution in [0.3, 0.4) is 0 Å². The van der Waals surface area contributed by atoms with Gasteiger partial charge in [-0.3, -0.25) is 9.59 Å². The number of carbonyl (C=O) groups excluding carboxylic acids is 3. The third kappa shape index (κ3) is 3.13. The molecular weight excluding hydrogens is 322 g/mol. The zero-order valence-electron chi connectivity index (χ0n) is 14.3. The van der Waals surface area contributed by atoms with Crippen molar-refractivity contribution in [1.29, 1.82) is 0 Å². The van der Waals surface area contributed by atoms with Crippen LogP contribution in [0.4, 0.5) is 11.4 Å². The Labute approximate surface area is 145 Å². The molecule has 3 rings (SSSR count). The summed E-state index contributed by atoms with van der Waals surface area (Å²) in [5.74, 6) is -1.03. The van der Waals surface area contributed by atoms with E-state index in [2.05, 4.69) is 5.32 Å². The van der Waals surface area contributed by atoms with Gasteiger partial charge in [-0.05, 0) is 37.3 Å². The summed E-state index contributed by atoms with van der Waals surface area (Å²) in [4.78, 5) is 38.0. The number of anilines is 2. The second-order valence-electron chi connectivity index (χ2n) is 6.01. The zero-order chi connectivity index (χ0) is 18.1.